The fraction of sp³-hybridized carbons (Fsp3) is 0.217. The molecule has 0 radical (unpaired) electrons. The van der Waals surface area contributed by atoms with E-state index < -0.39 is 6.10 Å². The highest BCUT2D eigenvalue weighted by atomic mass is 16.5. The largest absolute Gasteiger partial charge is 0.456 e. The van der Waals surface area contributed by atoms with Crippen molar-refractivity contribution in [3.63, 3.8) is 0 Å². The molecule has 1 N–H and O–H groups in total. The lowest BCUT2D eigenvalue weighted by atomic mass is 9.76. The molecule has 0 saturated carbocycles. The van der Waals surface area contributed by atoms with Gasteiger partial charge >= 0.3 is 0 Å². The summed E-state index contributed by atoms with van der Waals surface area (Å²) in [6, 6.07) is 22.4. The Morgan fingerprint density at radius 3 is 2.28 bits per heavy atom. The number of aryl methyl sites for hydroxylation is 1. The van der Waals surface area contributed by atoms with E-state index in [0.717, 1.165) is 28.2 Å². The average Bonchev–Trinajstić information content (AvgIpc) is 2.63. The highest BCUT2D eigenvalue weighted by Crippen LogP contribution is 2.46. The molecule has 1 aliphatic heterocycles. The van der Waals surface area contributed by atoms with Gasteiger partial charge in [0.05, 0.1) is 0 Å². The minimum absolute atomic E-state index is 0.155. The van der Waals surface area contributed by atoms with Gasteiger partial charge in [0.1, 0.15) is 17.6 Å². The van der Waals surface area contributed by atoms with Crippen molar-refractivity contribution in [1.82, 2.24) is 0 Å². The van der Waals surface area contributed by atoms with Crippen molar-refractivity contribution in [2.75, 3.05) is 0 Å². The minimum Gasteiger partial charge on any atom is -0.456 e. The van der Waals surface area contributed by atoms with Crippen molar-refractivity contribution in [2.24, 2.45) is 0 Å². The first-order valence-corrected chi connectivity index (χ1v) is 8.64. The molecule has 1 heterocycles. The second-order valence-corrected chi connectivity index (χ2v) is 7.24. The van der Waals surface area contributed by atoms with E-state index in [1.165, 1.54) is 11.1 Å². The number of ether oxygens (including phenoxy) is 1. The van der Waals surface area contributed by atoms with Crippen LogP contribution in [0.1, 0.15) is 47.8 Å². The van der Waals surface area contributed by atoms with Gasteiger partial charge in [0, 0.05) is 16.5 Å². The van der Waals surface area contributed by atoms with Crippen molar-refractivity contribution >= 4 is 0 Å². The quantitative estimate of drug-likeness (QED) is 0.671. The highest BCUT2D eigenvalue weighted by molar-refractivity contribution is 5.57. The first kappa shape index (κ1) is 15.9. The Kier molecular flexibility index (Phi) is 3.66. The molecule has 0 spiro atoms. The lowest BCUT2D eigenvalue weighted by Gasteiger charge is -2.31. The van der Waals surface area contributed by atoms with Crippen LogP contribution in [0.5, 0.6) is 11.5 Å². The summed E-state index contributed by atoms with van der Waals surface area (Å²) in [5.74, 6) is 1.51. The predicted octanol–water partition coefficient (Wildman–Crippen LogP) is 5.51. The van der Waals surface area contributed by atoms with Gasteiger partial charge in [0.2, 0.25) is 0 Å². The summed E-state index contributed by atoms with van der Waals surface area (Å²) in [6.45, 7) is 6.48. The number of benzene rings is 3. The Balaban J connectivity index is 1.85. The van der Waals surface area contributed by atoms with Crippen LogP contribution in [-0.2, 0) is 5.41 Å². The third kappa shape index (κ3) is 2.54. The summed E-state index contributed by atoms with van der Waals surface area (Å²) in [7, 11) is 0. The summed E-state index contributed by atoms with van der Waals surface area (Å²) in [6.07, 6.45) is -0.662. The van der Waals surface area contributed by atoms with Crippen molar-refractivity contribution in [3.05, 3.63) is 94.5 Å². The van der Waals surface area contributed by atoms with E-state index in [1.54, 1.807) is 0 Å². The molecule has 3 aromatic carbocycles. The van der Waals surface area contributed by atoms with Crippen LogP contribution in [0.2, 0.25) is 0 Å². The summed E-state index contributed by atoms with van der Waals surface area (Å²) < 4.78 is 6.09. The maximum Gasteiger partial charge on any atom is 0.136 e. The molecular weight excluding hydrogens is 308 g/mol. The molecule has 2 nitrogen and oxygen atoms in total. The van der Waals surface area contributed by atoms with E-state index >= 15 is 0 Å². The molecule has 3 aromatic rings. The van der Waals surface area contributed by atoms with E-state index in [9.17, 15) is 5.11 Å². The molecule has 0 saturated heterocycles. The van der Waals surface area contributed by atoms with E-state index in [0.29, 0.717) is 0 Å². The van der Waals surface area contributed by atoms with Crippen molar-refractivity contribution in [2.45, 2.75) is 32.3 Å². The van der Waals surface area contributed by atoms with E-state index in [1.807, 2.05) is 37.3 Å². The smallest absolute Gasteiger partial charge is 0.136 e. The molecule has 0 aromatic heterocycles. The number of aliphatic hydroxyl groups excluding tert-OH is 1. The number of para-hydroxylation sites is 1. The first-order chi connectivity index (χ1) is 12.0. The fourth-order valence-electron chi connectivity index (χ4n) is 3.60. The molecule has 1 unspecified atom stereocenters. The van der Waals surface area contributed by atoms with Crippen LogP contribution >= 0.6 is 0 Å². The van der Waals surface area contributed by atoms with Crippen LogP contribution in [0.4, 0.5) is 0 Å². The van der Waals surface area contributed by atoms with E-state index in [-0.39, 0.29) is 5.41 Å². The third-order valence-electron chi connectivity index (χ3n) is 5.24. The molecule has 0 amide bonds. The number of aliphatic hydroxyl groups is 1. The monoisotopic (exact) mass is 330 g/mol. The summed E-state index contributed by atoms with van der Waals surface area (Å²) >= 11 is 0. The molecule has 25 heavy (non-hydrogen) atoms. The van der Waals surface area contributed by atoms with Crippen LogP contribution in [0.15, 0.2) is 66.7 Å². The second-order valence-electron chi connectivity index (χ2n) is 7.24. The van der Waals surface area contributed by atoms with Gasteiger partial charge in [-0.2, -0.15) is 0 Å². The van der Waals surface area contributed by atoms with Crippen LogP contribution in [0.3, 0.4) is 0 Å². The first-order valence-electron chi connectivity index (χ1n) is 8.64. The van der Waals surface area contributed by atoms with Gasteiger partial charge in [-0.05, 0) is 35.7 Å². The van der Waals surface area contributed by atoms with Gasteiger partial charge in [-0.1, -0.05) is 68.4 Å². The predicted molar refractivity (Wildman–Crippen MR) is 100 cm³/mol. The van der Waals surface area contributed by atoms with Gasteiger partial charge in [0.15, 0.2) is 0 Å². The van der Waals surface area contributed by atoms with Gasteiger partial charge < -0.3 is 9.84 Å². The lowest BCUT2D eigenvalue weighted by Crippen LogP contribution is -2.21. The molecular formula is C23H22O2. The number of fused-ring (bicyclic) bond motifs is 2. The highest BCUT2D eigenvalue weighted by Gasteiger charge is 2.30. The molecule has 0 fully saturated rings. The summed E-state index contributed by atoms with van der Waals surface area (Å²) in [4.78, 5) is 0. The maximum atomic E-state index is 10.9. The zero-order valence-electron chi connectivity index (χ0n) is 14.8. The van der Waals surface area contributed by atoms with E-state index in [2.05, 4.69) is 50.2 Å². The average molecular weight is 330 g/mol. The van der Waals surface area contributed by atoms with Gasteiger partial charge in [-0.15, -0.1) is 0 Å². The SMILES string of the molecule is Cc1cc(C(C)(C)c2ccccc2)cc2c1Oc1ccccc1C2O. The Bertz CT molecular complexity index is 926. The zero-order chi connectivity index (χ0) is 17.6. The number of hydrogen-bond acceptors (Lipinski definition) is 2. The van der Waals surface area contributed by atoms with Crippen molar-refractivity contribution in [1.29, 1.82) is 0 Å². The van der Waals surface area contributed by atoms with Gasteiger partial charge in [-0.3, -0.25) is 0 Å². The van der Waals surface area contributed by atoms with Crippen molar-refractivity contribution < 1.29 is 9.84 Å². The minimum atomic E-state index is -0.662. The second kappa shape index (κ2) is 5.75. The van der Waals surface area contributed by atoms with Crippen LogP contribution < -0.4 is 4.74 Å². The number of hydrogen-bond donors (Lipinski definition) is 1. The Morgan fingerprint density at radius 1 is 0.840 bits per heavy atom. The number of rotatable bonds is 2. The normalized spacial score (nSPS) is 15.9. The third-order valence-corrected chi connectivity index (χ3v) is 5.24. The van der Waals surface area contributed by atoms with Crippen LogP contribution in [0.25, 0.3) is 0 Å². The lowest BCUT2D eigenvalue weighted by molar-refractivity contribution is 0.202. The Morgan fingerprint density at radius 2 is 1.52 bits per heavy atom. The standard InChI is InChI=1S/C23H22O2/c1-15-13-17(23(2,3)16-9-5-4-6-10-16)14-19-21(24)18-11-7-8-12-20(18)25-22(15)19/h4-14,21,24H,1-3H3. The summed E-state index contributed by atoms with van der Waals surface area (Å²) in [5.41, 5.74) is 4.99. The summed E-state index contributed by atoms with van der Waals surface area (Å²) in [5, 5.41) is 10.9. The van der Waals surface area contributed by atoms with Crippen molar-refractivity contribution in [3.8, 4) is 11.5 Å². The van der Waals surface area contributed by atoms with E-state index in [4.69, 9.17) is 4.74 Å². The Hall–Kier alpha value is -2.58. The topological polar surface area (TPSA) is 29.5 Å². The Labute approximate surface area is 148 Å². The molecule has 1 aliphatic rings. The van der Waals surface area contributed by atoms with Crippen LogP contribution in [0, 0.1) is 6.92 Å². The molecule has 4 rings (SSSR count). The molecule has 126 valence electrons. The van der Waals surface area contributed by atoms with Gasteiger partial charge in [0.25, 0.3) is 0 Å². The fourth-order valence-corrected chi connectivity index (χ4v) is 3.60. The molecule has 0 bridgehead atoms. The molecule has 2 heteroatoms. The zero-order valence-corrected chi connectivity index (χ0v) is 14.8. The van der Waals surface area contributed by atoms with Gasteiger partial charge in [-0.25, -0.2) is 0 Å². The molecule has 0 aliphatic carbocycles. The maximum absolute atomic E-state index is 10.9. The van der Waals surface area contributed by atoms with Crippen LogP contribution in [-0.4, -0.2) is 5.11 Å². The molecule has 1 atom stereocenters.